The van der Waals surface area contributed by atoms with Crippen LogP contribution in [0.3, 0.4) is 0 Å². The number of hydrogen-bond acceptors (Lipinski definition) is 4. The zero-order valence-electron chi connectivity index (χ0n) is 13.3. The molecule has 2 N–H and O–H groups in total. The Labute approximate surface area is 128 Å². The molecule has 122 valence electrons. The summed E-state index contributed by atoms with van der Waals surface area (Å²) in [6.07, 6.45) is 6.88. The van der Waals surface area contributed by atoms with Crippen LogP contribution in [0.2, 0.25) is 0 Å². The lowest BCUT2D eigenvalue weighted by molar-refractivity contribution is 0.533. The van der Waals surface area contributed by atoms with E-state index in [1.807, 2.05) is 6.92 Å². The number of aromatic nitrogens is 2. The summed E-state index contributed by atoms with van der Waals surface area (Å²) in [7, 11) is -3.45. The third-order valence-corrected chi connectivity index (χ3v) is 4.80. The molecule has 7 heteroatoms. The molecule has 0 aliphatic heterocycles. The van der Waals surface area contributed by atoms with Gasteiger partial charge < -0.3 is 5.32 Å². The molecule has 1 unspecified atom stereocenters. The third kappa shape index (κ3) is 6.58. The Morgan fingerprint density at radius 2 is 2.10 bits per heavy atom. The quantitative estimate of drug-likeness (QED) is 0.610. The predicted octanol–water partition coefficient (Wildman–Crippen LogP) is 1.74. The first-order chi connectivity index (χ1) is 9.99. The molecule has 0 bridgehead atoms. The van der Waals surface area contributed by atoms with E-state index in [0.717, 1.165) is 38.8 Å². The maximum absolute atomic E-state index is 12.2. The number of nitrogens with one attached hydrogen (secondary N) is 2. The molecule has 0 radical (unpaired) electrons. The van der Waals surface area contributed by atoms with Crippen LogP contribution in [-0.4, -0.2) is 37.3 Å². The molecular weight excluding hydrogens is 288 g/mol. The standard InChI is InChI=1S/C14H28N4O2S/c1-4-6-8-13(3)17-21(19,20)14-11-16-18(12-14)10-7-9-15-5-2/h11-13,15,17H,4-10H2,1-3H3. The first kappa shape index (κ1) is 18.1. The van der Waals surface area contributed by atoms with Crippen LogP contribution < -0.4 is 10.0 Å². The fourth-order valence-electron chi connectivity index (χ4n) is 2.05. The van der Waals surface area contributed by atoms with Crippen LogP contribution in [0.4, 0.5) is 0 Å². The molecule has 1 rings (SSSR count). The van der Waals surface area contributed by atoms with Crippen LogP contribution in [0, 0.1) is 0 Å². The van der Waals surface area contributed by atoms with Crippen molar-refractivity contribution in [3.63, 3.8) is 0 Å². The lowest BCUT2D eigenvalue weighted by Crippen LogP contribution is -2.32. The Morgan fingerprint density at radius 1 is 1.33 bits per heavy atom. The van der Waals surface area contributed by atoms with Crippen LogP contribution in [0.25, 0.3) is 0 Å². The lowest BCUT2D eigenvalue weighted by atomic mass is 10.2. The summed E-state index contributed by atoms with van der Waals surface area (Å²) < 4.78 is 28.8. The maximum atomic E-state index is 12.2. The van der Waals surface area contributed by atoms with Crippen LogP contribution in [-0.2, 0) is 16.6 Å². The van der Waals surface area contributed by atoms with E-state index in [-0.39, 0.29) is 10.9 Å². The van der Waals surface area contributed by atoms with Crippen molar-refractivity contribution in [2.24, 2.45) is 0 Å². The minimum atomic E-state index is -3.45. The van der Waals surface area contributed by atoms with E-state index in [1.165, 1.54) is 6.20 Å². The van der Waals surface area contributed by atoms with Crippen LogP contribution in [0.1, 0.15) is 46.5 Å². The number of nitrogens with zero attached hydrogens (tertiary/aromatic N) is 2. The fourth-order valence-corrected chi connectivity index (χ4v) is 3.28. The van der Waals surface area contributed by atoms with E-state index < -0.39 is 10.0 Å². The van der Waals surface area contributed by atoms with Crippen LogP contribution in [0.15, 0.2) is 17.3 Å². The molecule has 1 aromatic heterocycles. The maximum Gasteiger partial charge on any atom is 0.243 e. The average Bonchev–Trinajstić information content (AvgIpc) is 2.90. The Morgan fingerprint density at radius 3 is 2.76 bits per heavy atom. The third-order valence-electron chi connectivity index (χ3n) is 3.26. The molecule has 6 nitrogen and oxygen atoms in total. The smallest absolute Gasteiger partial charge is 0.243 e. The van der Waals surface area contributed by atoms with Crippen molar-refractivity contribution in [1.82, 2.24) is 19.8 Å². The monoisotopic (exact) mass is 316 g/mol. The van der Waals surface area contributed by atoms with Gasteiger partial charge in [0, 0.05) is 18.8 Å². The Bertz CT molecular complexity index is 499. The second-order valence-electron chi connectivity index (χ2n) is 5.31. The van der Waals surface area contributed by atoms with Crippen molar-refractivity contribution in [2.45, 2.75) is 63.9 Å². The predicted molar refractivity (Wildman–Crippen MR) is 84.7 cm³/mol. The molecule has 0 aliphatic rings. The summed E-state index contributed by atoms with van der Waals surface area (Å²) in [6, 6.07) is -0.0490. The summed E-state index contributed by atoms with van der Waals surface area (Å²) >= 11 is 0. The van der Waals surface area contributed by atoms with Crippen molar-refractivity contribution in [3.8, 4) is 0 Å². The van der Waals surface area contributed by atoms with Gasteiger partial charge in [-0.05, 0) is 32.9 Å². The zero-order chi connectivity index (χ0) is 15.7. The molecule has 0 fully saturated rings. The Balaban J connectivity index is 2.53. The van der Waals surface area contributed by atoms with Gasteiger partial charge in [0.05, 0.1) is 6.20 Å². The molecule has 0 aliphatic carbocycles. The summed E-state index contributed by atoms with van der Waals surface area (Å²) in [5.41, 5.74) is 0. The van der Waals surface area contributed by atoms with Crippen molar-refractivity contribution in [2.75, 3.05) is 13.1 Å². The van der Waals surface area contributed by atoms with E-state index in [2.05, 4.69) is 29.0 Å². The summed E-state index contributed by atoms with van der Waals surface area (Å²) in [5.74, 6) is 0. The van der Waals surface area contributed by atoms with Crippen LogP contribution >= 0.6 is 0 Å². The van der Waals surface area contributed by atoms with Gasteiger partial charge in [-0.2, -0.15) is 5.10 Å². The van der Waals surface area contributed by atoms with Crippen molar-refractivity contribution < 1.29 is 8.42 Å². The highest BCUT2D eigenvalue weighted by Crippen LogP contribution is 2.10. The number of sulfonamides is 1. The molecule has 1 aromatic rings. The minimum absolute atomic E-state index is 0.0490. The summed E-state index contributed by atoms with van der Waals surface area (Å²) in [5, 5.41) is 7.35. The van der Waals surface area contributed by atoms with Gasteiger partial charge >= 0.3 is 0 Å². The Kier molecular flexibility index (Phi) is 7.92. The normalized spacial score (nSPS) is 13.5. The summed E-state index contributed by atoms with van der Waals surface area (Å²) in [6.45, 7) is 8.62. The highest BCUT2D eigenvalue weighted by Gasteiger charge is 2.18. The minimum Gasteiger partial charge on any atom is -0.317 e. The average molecular weight is 316 g/mol. The van der Waals surface area contributed by atoms with Crippen LogP contribution in [0.5, 0.6) is 0 Å². The highest BCUT2D eigenvalue weighted by molar-refractivity contribution is 7.89. The first-order valence-corrected chi connectivity index (χ1v) is 9.23. The van der Waals surface area contributed by atoms with E-state index in [9.17, 15) is 8.42 Å². The molecule has 21 heavy (non-hydrogen) atoms. The topological polar surface area (TPSA) is 76.0 Å². The van der Waals surface area contributed by atoms with E-state index in [4.69, 9.17) is 0 Å². The largest absolute Gasteiger partial charge is 0.317 e. The Hall–Kier alpha value is -0.920. The SMILES string of the molecule is CCCCC(C)NS(=O)(=O)c1cnn(CCCNCC)c1. The molecule has 0 aromatic carbocycles. The van der Waals surface area contributed by atoms with Gasteiger partial charge in [-0.25, -0.2) is 13.1 Å². The van der Waals surface area contributed by atoms with Gasteiger partial charge in [-0.1, -0.05) is 26.7 Å². The van der Waals surface area contributed by atoms with Gasteiger partial charge in [-0.15, -0.1) is 0 Å². The zero-order valence-corrected chi connectivity index (χ0v) is 14.1. The van der Waals surface area contributed by atoms with E-state index >= 15 is 0 Å². The fraction of sp³-hybridized carbons (Fsp3) is 0.786. The lowest BCUT2D eigenvalue weighted by Gasteiger charge is -2.12. The van der Waals surface area contributed by atoms with Crippen molar-refractivity contribution >= 4 is 10.0 Å². The molecule has 1 atom stereocenters. The van der Waals surface area contributed by atoms with E-state index in [0.29, 0.717) is 6.54 Å². The molecule has 0 amide bonds. The van der Waals surface area contributed by atoms with Crippen molar-refractivity contribution in [3.05, 3.63) is 12.4 Å². The second kappa shape index (κ2) is 9.17. The summed E-state index contributed by atoms with van der Waals surface area (Å²) in [4.78, 5) is 0.245. The molecular formula is C14H28N4O2S. The number of rotatable bonds is 11. The second-order valence-corrected chi connectivity index (χ2v) is 7.02. The van der Waals surface area contributed by atoms with Gasteiger partial charge in [0.2, 0.25) is 10.0 Å². The van der Waals surface area contributed by atoms with E-state index in [1.54, 1.807) is 10.9 Å². The number of aryl methyl sites for hydroxylation is 1. The van der Waals surface area contributed by atoms with Crippen molar-refractivity contribution in [1.29, 1.82) is 0 Å². The molecule has 1 heterocycles. The number of hydrogen-bond donors (Lipinski definition) is 2. The molecule has 0 spiro atoms. The van der Waals surface area contributed by atoms with Gasteiger partial charge in [0.1, 0.15) is 4.90 Å². The van der Waals surface area contributed by atoms with Gasteiger partial charge in [-0.3, -0.25) is 4.68 Å². The highest BCUT2D eigenvalue weighted by atomic mass is 32.2. The molecule has 0 saturated heterocycles. The molecule has 0 saturated carbocycles. The number of unbranched alkanes of at least 4 members (excludes halogenated alkanes) is 1. The van der Waals surface area contributed by atoms with Gasteiger partial charge in [0.15, 0.2) is 0 Å². The van der Waals surface area contributed by atoms with Gasteiger partial charge in [0.25, 0.3) is 0 Å². The first-order valence-electron chi connectivity index (χ1n) is 7.75.